The Morgan fingerprint density at radius 1 is 1.19 bits per heavy atom. The number of carbonyl (C=O) groups is 1. The van der Waals surface area contributed by atoms with Gasteiger partial charge in [-0.2, -0.15) is 0 Å². The number of anilines is 2. The molecule has 2 aromatic heterocycles. The van der Waals surface area contributed by atoms with Crippen molar-refractivity contribution in [1.82, 2.24) is 14.5 Å². The first-order valence-electron chi connectivity index (χ1n) is 11.1. The predicted octanol–water partition coefficient (Wildman–Crippen LogP) is 3.39. The maximum absolute atomic E-state index is 13.3. The Morgan fingerprint density at radius 2 is 1.91 bits per heavy atom. The van der Waals surface area contributed by atoms with E-state index in [0.717, 1.165) is 18.7 Å². The lowest BCUT2D eigenvalue weighted by atomic mass is 10.0. The van der Waals surface area contributed by atoms with Crippen LogP contribution in [0.15, 0.2) is 33.9 Å². The van der Waals surface area contributed by atoms with Crippen LogP contribution < -0.4 is 21.5 Å². The van der Waals surface area contributed by atoms with Crippen LogP contribution in [0.4, 0.5) is 11.4 Å². The van der Waals surface area contributed by atoms with Crippen molar-refractivity contribution in [2.45, 2.75) is 53.0 Å². The van der Waals surface area contributed by atoms with Crippen LogP contribution in [0, 0.1) is 6.92 Å². The third kappa shape index (κ3) is 3.92. The van der Waals surface area contributed by atoms with Crippen LogP contribution in [0.1, 0.15) is 61.1 Å². The SMILES string of the molecule is CCn1c(=O)[nH]c(=O)c2c(C(=O)Nc3ccc(N4CCCC4)c(C)c3)cc(C(C)C)nc21. The van der Waals surface area contributed by atoms with Gasteiger partial charge in [0.25, 0.3) is 11.5 Å². The Hall–Kier alpha value is -3.42. The Balaban J connectivity index is 1.77. The molecule has 168 valence electrons. The van der Waals surface area contributed by atoms with Gasteiger partial charge in [0.05, 0.1) is 10.9 Å². The first kappa shape index (κ1) is 21.8. The van der Waals surface area contributed by atoms with E-state index in [1.54, 1.807) is 13.0 Å². The number of amides is 1. The molecule has 3 heterocycles. The number of aryl methyl sites for hydroxylation is 2. The molecular formula is C24H29N5O3. The number of hydrogen-bond acceptors (Lipinski definition) is 5. The van der Waals surface area contributed by atoms with Crippen molar-refractivity contribution in [1.29, 1.82) is 0 Å². The topological polar surface area (TPSA) is 100 Å². The number of pyridine rings is 1. The summed E-state index contributed by atoms with van der Waals surface area (Å²) in [6, 6.07) is 7.51. The summed E-state index contributed by atoms with van der Waals surface area (Å²) >= 11 is 0. The monoisotopic (exact) mass is 435 g/mol. The highest BCUT2D eigenvalue weighted by Crippen LogP contribution is 2.27. The van der Waals surface area contributed by atoms with E-state index in [1.165, 1.54) is 23.1 Å². The number of nitrogens with one attached hydrogen (secondary N) is 2. The van der Waals surface area contributed by atoms with Gasteiger partial charge in [0.1, 0.15) is 0 Å². The highest BCUT2D eigenvalue weighted by molar-refractivity contribution is 6.12. The fourth-order valence-corrected chi connectivity index (χ4v) is 4.31. The first-order chi connectivity index (χ1) is 15.3. The Morgan fingerprint density at radius 3 is 2.53 bits per heavy atom. The minimum atomic E-state index is -0.608. The lowest BCUT2D eigenvalue weighted by molar-refractivity contribution is 0.102. The second-order valence-electron chi connectivity index (χ2n) is 8.60. The molecule has 1 saturated heterocycles. The van der Waals surface area contributed by atoms with E-state index in [4.69, 9.17) is 0 Å². The van der Waals surface area contributed by atoms with Crippen LogP contribution in [-0.4, -0.2) is 33.5 Å². The van der Waals surface area contributed by atoms with Crippen LogP contribution in [0.25, 0.3) is 11.0 Å². The first-order valence-corrected chi connectivity index (χ1v) is 11.1. The molecule has 1 aromatic carbocycles. The molecule has 0 bridgehead atoms. The molecule has 0 unspecified atom stereocenters. The molecule has 0 radical (unpaired) electrons. The van der Waals surface area contributed by atoms with Gasteiger partial charge in [-0.1, -0.05) is 13.8 Å². The lowest BCUT2D eigenvalue weighted by Crippen LogP contribution is -2.32. The Labute approximate surface area is 186 Å². The molecule has 32 heavy (non-hydrogen) atoms. The molecular weight excluding hydrogens is 406 g/mol. The quantitative estimate of drug-likeness (QED) is 0.640. The van der Waals surface area contributed by atoms with Gasteiger partial charge in [-0.05, 0) is 62.4 Å². The summed E-state index contributed by atoms with van der Waals surface area (Å²) in [6.45, 7) is 10.2. The number of nitrogens with zero attached hydrogens (tertiary/aromatic N) is 3. The molecule has 4 rings (SSSR count). The predicted molar refractivity (Wildman–Crippen MR) is 127 cm³/mol. The molecule has 8 heteroatoms. The third-order valence-electron chi connectivity index (χ3n) is 6.02. The van der Waals surface area contributed by atoms with Gasteiger partial charge in [-0.25, -0.2) is 9.78 Å². The Kier molecular flexibility index (Phi) is 5.86. The minimum Gasteiger partial charge on any atom is -0.371 e. The number of hydrogen-bond donors (Lipinski definition) is 2. The molecule has 1 fully saturated rings. The molecule has 0 spiro atoms. The maximum Gasteiger partial charge on any atom is 0.329 e. The standard InChI is InChI=1S/C24H29N5O3/c1-5-29-21-20(23(31)27-24(29)32)17(13-18(26-21)14(2)3)22(30)25-16-8-9-19(15(4)12-16)28-10-6-7-11-28/h8-9,12-14H,5-7,10-11H2,1-4H3,(H,25,30)(H,27,31,32). The number of carbonyl (C=O) groups excluding carboxylic acids is 1. The summed E-state index contributed by atoms with van der Waals surface area (Å²) in [4.78, 5) is 47.5. The van der Waals surface area contributed by atoms with Crippen molar-refractivity contribution in [3.8, 4) is 0 Å². The van der Waals surface area contributed by atoms with Crippen LogP contribution in [0.5, 0.6) is 0 Å². The van der Waals surface area contributed by atoms with Crippen molar-refractivity contribution in [2.24, 2.45) is 0 Å². The zero-order valence-electron chi connectivity index (χ0n) is 19.0. The average molecular weight is 436 g/mol. The highest BCUT2D eigenvalue weighted by atomic mass is 16.2. The molecule has 3 aromatic rings. The fourth-order valence-electron chi connectivity index (χ4n) is 4.31. The smallest absolute Gasteiger partial charge is 0.329 e. The number of rotatable bonds is 5. The largest absolute Gasteiger partial charge is 0.371 e. The molecule has 0 saturated carbocycles. The summed E-state index contributed by atoms with van der Waals surface area (Å²) in [5.74, 6) is -0.382. The highest BCUT2D eigenvalue weighted by Gasteiger charge is 2.21. The molecule has 0 atom stereocenters. The summed E-state index contributed by atoms with van der Waals surface area (Å²) in [7, 11) is 0. The number of fused-ring (bicyclic) bond motifs is 1. The fraction of sp³-hybridized carbons (Fsp3) is 0.417. The molecule has 0 aliphatic carbocycles. The van der Waals surface area contributed by atoms with Gasteiger partial charge in [-0.15, -0.1) is 0 Å². The average Bonchev–Trinajstić information content (AvgIpc) is 3.27. The summed E-state index contributed by atoms with van der Waals surface area (Å²) in [5.41, 5.74) is 2.88. The third-order valence-corrected chi connectivity index (χ3v) is 6.02. The molecule has 8 nitrogen and oxygen atoms in total. The van der Waals surface area contributed by atoms with E-state index in [2.05, 4.69) is 20.2 Å². The maximum atomic E-state index is 13.3. The number of benzene rings is 1. The van der Waals surface area contributed by atoms with Crippen molar-refractivity contribution in [3.63, 3.8) is 0 Å². The number of aromatic nitrogens is 3. The van der Waals surface area contributed by atoms with Gasteiger partial charge in [0.2, 0.25) is 0 Å². The van der Waals surface area contributed by atoms with Crippen molar-refractivity contribution in [2.75, 3.05) is 23.3 Å². The molecule has 2 N–H and O–H groups in total. The molecule has 1 aliphatic rings. The second-order valence-corrected chi connectivity index (χ2v) is 8.60. The summed E-state index contributed by atoms with van der Waals surface area (Å²) in [5, 5.41) is 3.05. The van der Waals surface area contributed by atoms with Gasteiger partial charge in [0.15, 0.2) is 5.65 Å². The lowest BCUT2D eigenvalue weighted by Gasteiger charge is -2.21. The summed E-state index contributed by atoms with van der Waals surface area (Å²) < 4.78 is 1.38. The van der Waals surface area contributed by atoms with E-state index in [9.17, 15) is 14.4 Å². The van der Waals surface area contributed by atoms with Crippen LogP contribution in [0.3, 0.4) is 0 Å². The van der Waals surface area contributed by atoms with Crippen molar-refractivity contribution >= 4 is 28.3 Å². The molecule has 1 amide bonds. The van der Waals surface area contributed by atoms with E-state index in [-0.39, 0.29) is 22.5 Å². The second kappa shape index (κ2) is 8.61. The van der Waals surface area contributed by atoms with Gasteiger partial charge >= 0.3 is 5.69 Å². The van der Waals surface area contributed by atoms with Crippen LogP contribution >= 0.6 is 0 Å². The van der Waals surface area contributed by atoms with Crippen LogP contribution in [0.2, 0.25) is 0 Å². The van der Waals surface area contributed by atoms with E-state index < -0.39 is 17.2 Å². The minimum absolute atomic E-state index is 0.0210. The Bertz CT molecular complexity index is 1300. The summed E-state index contributed by atoms with van der Waals surface area (Å²) in [6.07, 6.45) is 2.39. The van der Waals surface area contributed by atoms with Crippen molar-refractivity contribution < 1.29 is 4.79 Å². The van der Waals surface area contributed by atoms with Crippen LogP contribution in [-0.2, 0) is 6.54 Å². The normalized spacial score (nSPS) is 13.8. The zero-order chi connectivity index (χ0) is 23.0. The van der Waals surface area contributed by atoms with Gasteiger partial charge in [-0.3, -0.25) is 19.1 Å². The molecule has 1 aliphatic heterocycles. The number of H-pyrrole nitrogens is 1. The van der Waals surface area contributed by atoms with Gasteiger partial charge < -0.3 is 10.2 Å². The zero-order valence-corrected chi connectivity index (χ0v) is 19.0. The van der Waals surface area contributed by atoms with Crippen molar-refractivity contribution in [3.05, 3.63) is 61.9 Å². The van der Waals surface area contributed by atoms with E-state index in [0.29, 0.717) is 17.9 Å². The number of aromatic amines is 1. The van der Waals surface area contributed by atoms with Gasteiger partial charge in [0, 0.05) is 36.7 Å². The van der Waals surface area contributed by atoms with E-state index >= 15 is 0 Å². The van der Waals surface area contributed by atoms with E-state index in [1.807, 2.05) is 39.0 Å².